The number of benzene rings is 1. The molecule has 0 saturated heterocycles. The van der Waals surface area contributed by atoms with Gasteiger partial charge in [-0.1, -0.05) is 19.9 Å². The van der Waals surface area contributed by atoms with Crippen molar-refractivity contribution in [1.29, 1.82) is 0 Å². The number of nitrogens with one attached hydrogen (secondary N) is 1. The summed E-state index contributed by atoms with van der Waals surface area (Å²) in [6, 6.07) is 3.55. The van der Waals surface area contributed by atoms with Crippen molar-refractivity contribution < 1.29 is 41.7 Å². The maximum Gasteiger partial charge on any atom is 0.336 e. The summed E-state index contributed by atoms with van der Waals surface area (Å²) < 4.78 is 56.7. The van der Waals surface area contributed by atoms with Crippen LogP contribution in [-0.2, 0) is 33.6 Å². The van der Waals surface area contributed by atoms with E-state index in [1.54, 1.807) is 13.8 Å². The Morgan fingerprint density at radius 1 is 1.27 bits per heavy atom. The SMILES string of the molecule is CC1=C(C(=O)OCCOC(=O)C(C)C)C(c2c(O)cccc2F)C2=C(COCCS2(=O)=O)N1. The molecule has 33 heavy (non-hydrogen) atoms. The number of carbonyl (C=O) groups excluding carboxylic acids is 2. The van der Waals surface area contributed by atoms with Gasteiger partial charge in [0.15, 0.2) is 9.84 Å². The highest BCUT2D eigenvalue weighted by atomic mass is 32.2. The highest BCUT2D eigenvalue weighted by Gasteiger charge is 2.43. The van der Waals surface area contributed by atoms with E-state index in [0.29, 0.717) is 0 Å². The summed E-state index contributed by atoms with van der Waals surface area (Å²) in [7, 11) is -3.98. The van der Waals surface area contributed by atoms with Crippen molar-refractivity contribution >= 4 is 21.8 Å². The topological polar surface area (TPSA) is 128 Å². The second-order valence-corrected chi connectivity index (χ2v) is 10.0. The van der Waals surface area contributed by atoms with Crippen molar-refractivity contribution in [2.24, 2.45) is 5.92 Å². The van der Waals surface area contributed by atoms with Gasteiger partial charge < -0.3 is 24.6 Å². The highest BCUT2D eigenvalue weighted by molar-refractivity contribution is 7.95. The minimum Gasteiger partial charge on any atom is -0.508 e. The fraction of sp³-hybridized carbons (Fsp3) is 0.455. The number of dihydropyridines is 1. The lowest BCUT2D eigenvalue weighted by Gasteiger charge is -2.31. The first-order valence-corrected chi connectivity index (χ1v) is 12.0. The molecule has 0 fully saturated rings. The average molecular weight is 484 g/mol. The van der Waals surface area contributed by atoms with Crippen LogP contribution in [0.25, 0.3) is 0 Å². The number of aromatic hydroxyl groups is 1. The Bertz CT molecular complexity index is 1100. The van der Waals surface area contributed by atoms with E-state index in [-0.39, 0.29) is 65.5 Å². The molecule has 2 heterocycles. The number of allylic oxidation sites excluding steroid dienone is 2. The van der Waals surface area contributed by atoms with Crippen molar-refractivity contribution in [2.75, 3.05) is 32.2 Å². The number of rotatable bonds is 6. The van der Waals surface area contributed by atoms with E-state index in [4.69, 9.17) is 14.2 Å². The van der Waals surface area contributed by atoms with Gasteiger partial charge in [0.1, 0.15) is 24.8 Å². The van der Waals surface area contributed by atoms with Crippen LogP contribution in [0.4, 0.5) is 4.39 Å². The molecule has 0 radical (unpaired) electrons. The molecule has 0 aliphatic carbocycles. The van der Waals surface area contributed by atoms with Gasteiger partial charge in [0.05, 0.1) is 47.0 Å². The Kier molecular flexibility index (Phi) is 7.43. The number of sulfone groups is 1. The zero-order valence-corrected chi connectivity index (χ0v) is 19.3. The lowest BCUT2D eigenvalue weighted by molar-refractivity contribution is -0.152. The first kappa shape index (κ1) is 24.7. The fourth-order valence-corrected chi connectivity index (χ4v) is 5.32. The van der Waals surface area contributed by atoms with Crippen molar-refractivity contribution in [2.45, 2.75) is 26.7 Å². The first-order valence-electron chi connectivity index (χ1n) is 10.4. The van der Waals surface area contributed by atoms with Crippen molar-refractivity contribution in [1.82, 2.24) is 5.32 Å². The molecule has 180 valence electrons. The standard InChI is InChI=1S/C22H26FNO8S/c1-12(2)21(26)31-7-8-32-22(27)17-13(3)24-15-11-30-9-10-33(28,29)20(15)19(17)18-14(23)5-4-6-16(18)25/h4-6,12,19,24-25H,7-11H2,1-3H3. The summed E-state index contributed by atoms with van der Waals surface area (Å²) in [6.45, 7) is 4.18. The van der Waals surface area contributed by atoms with Crippen LogP contribution in [0.2, 0.25) is 0 Å². The van der Waals surface area contributed by atoms with Crippen LogP contribution in [0, 0.1) is 11.7 Å². The summed E-state index contributed by atoms with van der Waals surface area (Å²) in [4.78, 5) is 24.4. The summed E-state index contributed by atoms with van der Waals surface area (Å²) in [5, 5.41) is 13.3. The third-order valence-electron chi connectivity index (χ3n) is 5.24. The molecule has 1 aromatic carbocycles. The van der Waals surface area contributed by atoms with E-state index in [1.807, 2.05) is 0 Å². The Balaban J connectivity index is 2.01. The average Bonchev–Trinajstić information content (AvgIpc) is 2.87. The quantitative estimate of drug-likeness (QED) is 0.460. The van der Waals surface area contributed by atoms with E-state index < -0.39 is 39.3 Å². The van der Waals surface area contributed by atoms with Gasteiger partial charge in [-0.15, -0.1) is 0 Å². The molecule has 0 spiro atoms. The molecule has 2 N–H and O–H groups in total. The molecule has 0 saturated carbocycles. The number of ether oxygens (including phenoxy) is 3. The summed E-state index contributed by atoms with van der Waals surface area (Å²) in [5.41, 5.74) is -0.129. The van der Waals surface area contributed by atoms with Crippen molar-refractivity contribution in [3.05, 3.63) is 51.5 Å². The smallest absolute Gasteiger partial charge is 0.336 e. The Hall–Kier alpha value is -2.92. The molecule has 1 atom stereocenters. The van der Waals surface area contributed by atoms with Gasteiger partial charge in [0.25, 0.3) is 0 Å². The second kappa shape index (κ2) is 9.92. The van der Waals surface area contributed by atoms with Crippen LogP contribution in [0.5, 0.6) is 5.75 Å². The number of phenols is 1. The lowest BCUT2D eigenvalue weighted by atomic mass is 9.85. The predicted octanol–water partition coefficient (Wildman–Crippen LogP) is 1.89. The van der Waals surface area contributed by atoms with Gasteiger partial charge in [-0.2, -0.15) is 0 Å². The molecular weight excluding hydrogens is 457 g/mol. The normalized spacial score (nSPS) is 20.1. The van der Waals surface area contributed by atoms with E-state index in [9.17, 15) is 27.5 Å². The molecular formula is C22H26FNO8S. The van der Waals surface area contributed by atoms with Crippen LogP contribution in [0.1, 0.15) is 32.3 Å². The fourth-order valence-electron chi connectivity index (χ4n) is 3.68. The molecule has 3 rings (SSSR count). The monoisotopic (exact) mass is 483 g/mol. The number of hydrogen-bond donors (Lipinski definition) is 2. The second-order valence-electron chi connectivity index (χ2n) is 7.94. The van der Waals surface area contributed by atoms with Gasteiger partial charge in [-0.05, 0) is 19.1 Å². The van der Waals surface area contributed by atoms with Crippen molar-refractivity contribution in [3.63, 3.8) is 0 Å². The third-order valence-corrected chi connectivity index (χ3v) is 7.10. The van der Waals surface area contributed by atoms with Crippen LogP contribution < -0.4 is 5.32 Å². The van der Waals surface area contributed by atoms with Gasteiger partial charge in [0.2, 0.25) is 0 Å². The molecule has 11 heteroatoms. The first-order chi connectivity index (χ1) is 15.5. The summed E-state index contributed by atoms with van der Waals surface area (Å²) >= 11 is 0. The van der Waals surface area contributed by atoms with Gasteiger partial charge in [-0.3, -0.25) is 4.79 Å². The van der Waals surface area contributed by atoms with Gasteiger partial charge in [-0.25, -0.2) is 17.6 Å². The lowest BCUT2D eigenvalue weighted by Crippen LogP contribution is -2.34. The number of esters is 2. The van der Waals surface area contributed by atoms with Crippen LogP contribution >= 0.6 is 0 Å². The Morgan fingerprint density at radius 3 is 2.64 bits per heavy atom. The molecule has 2 aliphatic rings. The number of hydrogen-bond acceptors (Lipinski definition) is 9. The molecule has 0 amide bonds. The van der Waals surface area contributed by atoms with E-state index in [2.05, 4.69) is 5.32 Å². The van der Waals surface area contributed by atoms with Gasteiger partial charge >= 0.3 is 11.9 Å². The van der Waals surface area contributed by atoms with E-state index in [1.165, 1.54) is 19.1 Å². The molecule has 0 aromatic heterocycles. The maximum absolute atomic E-state index is 14.9. The summed E-state index contributed by atoms with van der Waals surface area (Å²) in [6.07, 6.45) is 0. The molecule has 1 aromatic rings. The van der Waals surface area contributed by atoms with Crippen LogP contribution in [0.15, 0.2) is 40.1 Å². The minimum atomic E-state index is -3.98. The number of halogens is 1. The van der Waals surface area contributed by atoms with Crippen LogP contribution in [0.3, 0.4) is 0 Å². The maximum atomic E-state index is 14.9. The number of carbonyl (C=O) groups is 2. The predicted molar refractivity (Wildman–Crippen MR) is 115 cm³/mol. The van der Waals surface area contributed by atoms with E-state index in [0.717, 1.165) is 6.07 Å². The summed E-state index contributed by atoms with van der Waals surface area (Å²) in [5.74, 6) is -4.94. The zero-order valence-electron chi connectivity index (χ0n) is 18.5. The molecule has 1 unspecified atom stereocenters. The molecule has 2 aliphatic heterocycles. The van der Waals surface area contributed by atoms with Crippen molar-refractivity contribution in [3.8, 4) is 5.75 Å². The zero-order chi connectivity index (χ0) is 24.3. The largest absolute Gasteiger partial charge is 0.508 e. The Morgan fingerprint density at radius 2 is 1.97 bits per heavy atom. The highest BCUT2D eigenvalue weighted by Crippen LogP contribution is 2.45. The third kappa shape index (κ3) is 5.19. The number of phenolic OH excluding ortho intramolecular Hbond substituents is 1. The Labute approximate surface area is 191 Å². The van der Waals surface area contributed by atoms with Gasteiger partial charge in [0, 0.05) is 11.3 Å². The van der Waals surface area contributed by atoms with Crippen LogP contribution in [-0.4, -0.2) is 57.6 Å². The van der Waals surface area contributed by atoms with E-state index >= 15 is 0 Å². The minimum absolute atomic E-state index is 0.0764. The molecule has 0 bridgehead atoms. The molecule has 9 nitrogen and oxygen atoms in total.